The lowest BCUT2D eigenvalue weighted by Gasteiger charge is -2.07. The van der Waals surface area contributed by atoms with Crippen LogP contribution in [0.2, 0.25) is 0 Å². The molecular formula is C9H5Cl2NO. The second kappa shape index (κ2) is 3.78. The summed E-state index contributed by atoms with van der Waals surface area (Å²) >= 11 is 10.9. The Bertz CT molecular complexity index is 354. The molecule has 0 fully saturated rings. The van der Waals surface area contributed by atoms with Gasteiger partial charge < -0.3 is 0 Å². The Morgan fingerprint density at radius 2 is 1.85 bits per heavy atom. The first kappa shape index (κ1) is 10.0. The van der Waals surface area contributed by atoms with Gasteiger partial charge in [0.2, 0.25) is 5.78 Å². The Morgan fingerprint density at radius 3 is 2.31 bits per heavy atom. The van der Waals surface area contributed by atoms with Gasteiger partial charge in [0, 0.05) is 5.56 Å². The summed E-state index contributed by atoms with van der Waals surface area (Å²) in [6.07, 6.45) is 0. The molecule has 66 valence electrons. The van der Waals surface area contributed by atoms with E-state index in [1.54, 1.807) is 30.3 Å². The molecule has 0 aliphatic heterocycles. The zero-order chi connectivity index (χ0) is 9.90. The number of carbonyl (C=O) groups is 1. The van der Waals surface area contributed by atoms with E-state index in [1.807, 2.05) is 0 Å². The molecule has 0 N–H and O–H groups in total. The van der Waals surface area contributed by atoms with Crippen LogP contribution in [0.15, 0.2) is 30.3 Å². The number of Topliss-reactive ketones (excluding diaryl/α,β-unsaturated/α-hetero) is 1. The van der Waals surface area contributed by atoms with Gasteiger partial charge in [-0.2, -0.15) is 5.26 Å². The number of nitriles is 1. The lowest BCUT2D eigenvalue weighted by molar-refractivity contribution is 0.0989. The monoisotopic (exact) mass is 213 g/mol. The summed E-state index contributed by atoms with van der Waals surface area (Å²) in [6, 6.07) is 9.74. The minimum atomic E-state index is -1.98. The third-order valence-corrected chi connectivity index (χ3v) is 1.97. The van der Waals surface area contributed by atoms with E-state index in [0.717, 1.165) is 0 Å². The summed E-state index contributed by atoms with van der Waals surface area (Å²) in [4.78, 5) is 11.4. The highest BCUT2D eigenvalue weighted by Gasteiger charge is 2.34. The molecule has 13 heavy (non-hydrogen) atoms. The molecule has 0 amide bonds. The van der Waals surface area contributed by atoms with Crippen molar-refractivity contribution < 1.29 is 4.79 Å². The molecule has 0 spiro atoms. The van der Waals surface area contributed by atoms with E-state index >= 15 is 0 Å². The Morgan fingerprint density at radius 1 is 1.31 bits per heavy atom. The standard InChI is InChI=1S/C9H5Cl2NO/c10-9(11,6-12)8(13)7-4-2-1-3-5-7/h1-5H. The van der Waals surface area contributed by atoms with Crippen molar-refractivity contribution in [2.75, 3.05) is 0 Å². The van der Waals surface area contributed by atoms with E-state index in [0.29, 0.717) is 5.56 Å². The van der Waals surface area contributed by atoms with E-state index < -0.39 is 10.1 Å². The summed E-state index contributed by atoms with van der Waals surface area (Å²) in [5.41, 5.74) is 0.328. The van der Waals surface area contributed by atoms with Crippen LogP contribution in [0.1, 0.15) is 10.4 Å². The van der Waals surface area contributed by atoms with Crippen LogP contribution >= 0.6 is 23.2 Å². The summed E-state index contributed by atoms with van der Waals surface area (Å²) in [5.74, 6) is -0.598. The van der Waals surface area contributed by atoms with E-state index in [4.69, 9.17) is 28.5 Å². The predicted molar refractivity (Wildman–Crippen MR) is 50.8 cm³/mol. The molecular weight excluding hydrogens is 209 g/mol. The Labute approximate surface area is 85.7 Å². The third kappa shape index (κ3) is 2.21. The maximum atomic E-state index is 11.4. The number of hydrogen-bond donors (Lipinski definition) is 0. The highest BCUT2D eigenvalue weighted by atomic mass is 35.5. The maximum Gasteiger partial charge on any atom is 0.265 e. The Balaban J connectivity index is 3.01. The molecule has 1 aromatic rings. The fourth-order valence-electron chi connectivity index (χ4n) is 0.822. The van der Waals surface area contributed by atoms with Gasteiger partial charge >= 0.3 is 0 Å². The van der Waals surface area contributed by atoms with Crippen molar-refractivity contribution in [1.29, 1.82) is 5.26 Å². The Hall–Kier alpha value is -1.04. The van der Waals surface area contributed by atoms with E-state index in [-0.39, 0.29) is 0 Å². The summed E-state index contributed by atoms with van der Waals surface area (Å²) < 4.78 is -1.98. The smallest absolute Gasteiger partial charge is 0.265 e. The van der Waals surface area contributed by atoms with E-state index in [9.17, 15) is 4.79 Å². The average molecular weight is 214 g/mol. The van der Waals surface area contributed by atoms with Crippen molar-refractivity contribution in [3.63, 3.8) is 0 Å². The topological polar surface area (TPSA) is 40.9 Å². The van der Waals surface area contributed by atoms with Crippen molar-refractivity contribution in [3.8, 4) is 6.07 Å². The highest BCUT2D eigenvalue weighted by Crippen LogP contribution is 2.24. The molecule has 0 bridgehead atoms. The van der Waals surface area contributed by atoms with Crippen molar-refractivity contribution >= 4 is 29.0 Å². The lowest BCUT2D eigenvalue weighted by atomic mass is 10.1. The van der Waals surface area contributed by atoms with Gasteiger partial charge in [0.15, 0.2) is 0 Å². The van der Waals surface area contributed by atoms with Crippen LogP contribution in [-0.4, -0.2) is 10.1 Å². The largest absolute Gasteiger partial charge is 0.290 e. The molecule has 0 heterocycles. The summed E-state index contributed by atoms with van der Waals surface area (Å²) in [7, 11) is 0. The highest BCUT2D eigenvalue weighted by molar-refractivity contribution is 6.61. The molecule has 0 aliphatic carbocycles. The molecule has 0 aromatic heterocycles. The first-order valence-corrected chi connectivity index (χ1v) is 4.22. The molecule has 0 saturated carbocycles. The second-order valence-electron chi connectivity index (χ2n) is 2.38. The van der Waals surface area contributed by atoms with Crippen molar-refractivity contribution in [2.24, 2.45) is 0 Å². The van der Waals surface area contributed by atoms with Gasteiger partial charge in [-0.15, -0.1) is 0 Å². The van der Waals surface area contributed by atoms with Gasteiger partial charge in [0.05, 0.1) is 0 Å². The minimum Gasteiger partial charge on any atom is -0.290 e. The normalized spacial score (nSPS) is 10.5. The fraction of sp³-hybridized carbons (Fsp3) is 0.111. The van der Waals surface area contributed by atoms with Crippen LogP contribution in [0, 0.1) is 11.3 Å². The van der Waals surface area contributed by atoms with Gasteiger partial charge in [-0.1, -0.05) is 53.5 Å². The van der Waals surface area contributed by atoms with Crippen molar-refractivity contribution in [2.45, 2.75) is 4.33 Å². The number of rotatable bonds is 2. The van der Waals surface area contributed by atoms with Crippen molar-refractivity contribution in [1.82, 2.24) is 0 Å². The SMILES string of the molecule is N#CC(Cl)(Cl)C(=O)c1ccccc1. The predicted octanol–water partition coefficient (Wildman–Crippen LogP) is 2.57. The number of benzene rings is 1. The van der Waals surface area contributed by atoms with Gasteiger partial charge in [-0.25, -0.2) is 0 Å². The number of nitrogens with zero attached hydrogens (tertiary/aromatic N) is 1. The van der Waals surface area contributed by atoms with Crippen LogP contribution < -0.4 is 0 Å². The molecule has 1 aromatic carbocycles. The van der Waals surface area contributed by atoms with Gasteiger partial charge in [-0.3, -0.25) is 4.79 Å². The molecule has 0 saturated heterocycles. The van der Waals surface area contributed by atoms with Crippen molar-refractivity contribution in [3.05, 3.63) is 35.9 Å². The molecule has 0 radical (unpaired) electrons. The zero-order valence-electron chi connectivity index (χ0n) is 6.50. The number of alkyl halides is 2. The number of hydrogen-bond acceptors (Lipinski definition) is 2. The second-order valence-corrected chi connectivity index (χ2v) is 3.71. The van der Waals surface area contributed by atoms with Crippen LogP contribution in [-0.2, 0) is 0 Å². The molecule has 1 rings (SSSR count). The molecule has 2 nitrogen and oxygen atoms in total. The number of ketones is 1. The Kier molecular flexibility index (Phi) is 2.92. The maximum absolute atomic E-state index is 11.4. The zero-order valence-corrected chi connectivity index (χ0v) is 8.01. The quantitative estimate of drug-likeness (QED) is 0.560. The van der Waals surface area contributed by atoms with Gasteiger partial charge in [0.1, 0.15) is 6.07 Å². The van der Waals surface area contributed by atoms with Gasteiger partial charge in [0.25, 0.3) is 4.33 Å². The van der Waals surface area contributed by atoms with Crippen LogP contribution in [0.3, 0.4) is 0 Å². The minimum absolute atomic E-state index is 0.328. The average Bonchev–Trinajstić information content (AvgIpc) is 2.18. The van der Waals surface area contributed by atoms with Gasteiger partial charge in [-0.05, 0) is 0 Å². The van der Waals surface area contributed by atoms with Crippen LogP contribution in [0.5, 0.6) is 0 Å². The molecule has 0 aliphatic rings. The summed E-state index contributed by atoms with van der Waals surface area (Å²) in [5, 5.41) is 8.49. The van der Waals surface area contributed by atoms with E-state index in [2.05, 4.69) is 0 Å². The number of carbonyl (C=O) groups excluding carboxylic acids is 1. The first-order chi connectivity index (χ1) is 6.08. The first-order valence-electron chi connectivity index (χ1n) is 3.47. The fourth-order valence-corrected chi connectivity index (χ4v) is 1.04. The number of halogens is 2. The summed E-state index contributed by atoms with van der Waals surface area (Å²) in [6.45, 7) is 0. The van der Waals surface area contributed by atoms with E-state index in [1.165, 1.54) is 6.07 Å². The molecule has 0 atom stereocenters. The molecule has 4 heteroatoms. The van der Waals surface area contributed by atoms with Crippen LogP contribution in [0.25, 0.3) is 0 Å². The lowest BCUT2D eigenvalue weighted by Crippen LogP contribution is -2.23. The van der Waals surface area contributed by atoms with Crippen LogP contribution in [0.4, 0.5) is 0 Å². The third-order valence-electron chi connectivity index (χ3n) is 1.46. The molecule has 0 unspecified atom stereocenters.